The fraction of sp³-hybridized carbons (Fsp3) is 0.133. The number of halogens is 3. The van der Waals surface area contributed by atoms with Crippen LogP contribution >= 0.6 is 0 Å². The number of hydrogen-bond acceptors (Lipinski definition) is 3. The lowest BCUT2D eigenvalue weighted by molar-refractivity contribution is 0.112. The Balaban J connectivity index is 2.79. The summed E-state index contributed by atoms with van der Waals surface area (Å²) in [5, 5.41) is 0. The Morgan fingerprint density at radius 3 is 2.24 bits per heavy atom. The van der Waals surface area contributed by atoms with Gasteiger partial charge >= 0.3 is 0 Å². The van der Waals surface area contributed by atoms with Crippen LogP contribution in [0.3, 0.4) is 0 Å². The molecule has 0 unspecified atom stereocenters. The maximum atomic E-state index is 13.9. The predicted molar refractivity (Wildman–Crippen MR) is 70.2 cm³/mol. The van der Waals surface area contributed by atoms with Gasteiger partial charge in [-0.05, 0) is 24.3 Å². The molecule has 0 atom stereocenters. The molecule has 6 heteroatoms. The molecule has 0 radical (unpaired) electrons. The van der Waals surface area contributed by atoms with Crippen molar-refractivity contribution in [3.8, 4) is 22.6 Å². The molecular weight excluding hydrogens is 285 g/mol. The second-order valence-corrected chi connectivity index (χ2v) is 4.14. The summed E-state index contributed by atoms with van der Waals surface area (Å²) < 4.78 is 50.5. The number of carbonyl (C=O) groups is 1. The molecule has 110 valence electrons. The third kappa shape index (κ3) is 2.56. The van der Waals surface area contributed by atoms with Gasteiger partial charge in [-0.25, -0.2) is 13.2 Å². The van der Waals surface area contributed by atoms with Crippen LogP contribution in [0.15, 0.2) is 24.3 Å². The number of ether oxygens (including phenoxy) is 2. The molecule has 0 saturated carbocycles. The van der Waals surface area contributed by atoms with E-state index in [-0.39, 0.29) is 28.2 Å². The van der Waals surface area contributed by atoms with Gasteiger partial charge < -0.3 is 9.47 Å². The van der Waals surface area contributed by atoms with Crippen molar-refractivity contribution in [1.29, 1.82) is 0 Å². The molecule has 0 aliphatic carbocycles. The zero-order chi connectivity index (χ0) is 15.6. The molecule has 0 aliphatic rings. The molecule has 3 nitrogen and oxygen atoms in total. The summed E-state index contributed by atoms with van der Waals surface area (Å²) in [5.41, 5.74) is 0.0508. The standard InChI is InChI=1S/C15H11F3O3/c1-20-12-6-8(7-19)5-10(15(12)21-2)9-3-4-11(16)14(18)13(9)17/h3-7H,1-2H3. The Hall–Kier alpha value is -2.50. The Labute approximate surface area is 118 Å². The average molecular weight is 296 g/mol. The van der Waals surface area contributed by atoms with Gasteiger partial charge in [-0.1, -0.05) is 0 Å². The Morgan fingerprint density at radius 1 is 0.952 bits per heavy atom. The number of carbonyl (C=O) groups excluding carboxylic acids is 1. The summed E-state index contributed by atoms with van der Waals surface area (Å²) >= 11 is 0. The van der Waals surface area contributed by atoms with E-state index in [4.69, 9.17) is 9.47 Å². The van der Waals surface area contributed by atoms with Gasteiger partial charge in [0.25, 0.3) is 0 Å². The molecular formula is C15H11F3O3. The van der Waals surface area contributed by atoms with Gasteiger partial charge in [-0.2, -0.15) is 0 Å². The van der Waals surface area contributed by atoms with Crippen LogP contribution in [0.5, 0.6) is 11.5 Å². The number of benzene rings is 2. The van der Waals surface area contributed by atoms with E-state index in [0.717, 1.165) is 12.1 Å². The van der Waals surface area contributed by atoms with Crippen LogP contribution in [0.4, 0.5) is 13.2 Å². The van der Waals surface area contributed by atoms with Crippen LogP contribution in [-0.4, -0.2) is 20.5 Å². The molecule has 0 fully saturated rings. The summed E-state index contributed by atoms with van der Waals surface area (Å²) in [6, 6.07) is 4.57. The molecule has 0 bridgehead atoms. The smallest absolute Gasteiger partial charge is 0.195 e. The largest absolute Gasteiger partial charge is 0.493 e. The summed E-state index contributed by atoms with van der Waals surface area (Å²) in [4.78, 5) is 10.9. The van der Waals surface area contributed by atoms with Gasteiger partial charge in [-0.15, -0.1) is 0 Å². The molecule has 2 aromatic carbocycles. The molecule has 0 aromatic heterocycles. The minimum Gasteiger partial charge on any atom is -0.493 e. The minimum absolute atomic E-state index is 0.0929. The maximum Gasteiger partial charge on any atom is 0.195 e. The van der Waals surface area contributed by atoms with E-state index in [9.17, 15) is 18.0 Å². The fourth-order valence-electron chi connectivity index (χ4n) is 1.99. The Morgan fingerprint density at radius 2 is 1.67 bits per heavy atom. The zero-order valence-electron chi connectivity index (χ0n) is 11.2. The van der Waals surface area contributed by atoms with E-state index in [1.54, 1.807) is 0 Å². The Kier molecular flexibility index (Phi) is 4.16. The topological polar surface area (TPSA) is 35.5 Å². The van der Waals surface area contributed by atoms with Gasteiger partial charge in [0.15, 0.2) is 29.0 Å². The predicted octanol–water partition coefficient (Wildman–Crippen LogP) is 3.60. The molecule has 0 spiro atoms. The zero-order valence-corrected chi connectivity index (χ0v) is 11.2. The molecule has 0 amide bonds. The highest BCUT2D eigenvalue weighted by atomic mass is 19.2. The number of methoxy groups -OCH3 is 2. The van der Waals surface area contributed by atoms with Crippen molar-refractivity contribution in [3.05, 3.63) is 47.3 Å². The highest BCUT2D eigenvalue weighted by Gasteiger charge is 2.20. The summed E-state index contributed by atoms with van der Waals surface area (Å²) in [6.45, 7) is 0. The van der Waals surface area contributed by atoms with Gasteiger partial charge in [-0.3, -0.25) is 4.79 Å². The van der Waals surface area contributed by atoms with Crippen LogP contribution in [0.1, 0.15) is 10.4 Å². The van der Waals surface area contributed by atoms with Crippen molar-refractivity contribution in [2.24, 2.45) is 0 Å². The fourth-order valence-corrected chi connectivity index (χ4v) is 1.99. The minimum atomic E-state index is -1.59. The molecule has 0 saturated heterocycles. The monoisotopic (exact) mass is 296 g/mol. The van der Waals surface area contributed by atoms with Gasteiger partial charge in [0, 0.05) is 16.7 Å². The number of aldehydes is 1. The molecule has 2 aromatic rings. The van der Waals surface area contributed by atoms with E-state index >= 15 is 0 Å². The van der Waals surface area contributed by atoms with E-state index in [1.165, 1.54) is 26.4 Å². The first-order chi connectivity index (χ1) is 10.0. The van der Waals surface area contributed by atoms with Crippen LogP contribution in [0.2, 0.25) is 0 Å². The highest BCUT2D eigenvalue weighted by molar-refractivity contribution is 5.84. The normalized spacial score (nSPS) is 10.3. The molecule has 0 aliphatic heterocycles. The van der Waals surface area contributed by atoms with E-state index in [2.05, 4.69) is 0 Å². The van der Waals surface area contributed by atoms with E-state index < -0.39 is 17.5 Å². The number of hydrogen-bond donors (Lipinski definition) is 0. The Bertz CT molecular complexity index is 699. The SMILES string of the molecule is COc1cc(C=O)cc(-c2ccc(F)c(F)c2F)c1OC. The second kappa shape index (κ2) is 5.87. The van der Waals surface area contributed by atoms with Crippen LogP contribution in [-0.2, 0) is 0 Å². The van der Waals surface area contributed by atoms with Crippen LogP contribution in [0.25, 0.3) is 11.1 Å². The number of rotatable bonds is 4. The lowest BCUT2D eigenvalue weighted by atomic mass is 10.0. The lowest BCUT2D eigenvalue weighted by Gasteiger charge is -2.14. The maximum absolute atomic E-state index is 13.9. The quantitative estimate of drug-likeness (QED) is 0.639. The highest BCUT2D eigenvalue weighted by Crippen LogP contribution is 2.40. The van der Waals surface area contributed by atoms with Crippen LogP contribution in [0, 0.1) is 17.5 Å². The first kappa shape index (κ1) is 14.9. The van der Waals surface area contributed by atoms with Crippen molar-refractivity contribution in [3.63, 3.8) is 0 Å². The van der Waals surface area contributed by atoms with Crippen molar-refractivity contribution in [1.82, 2.24) is 0 Å². The summed E-state index contributed by atoms with van der Waals surface area (Å²) in [7, 11) is 2.66. The average Bonchev–Trinajstić information content (AvgIpc) is 2.51. The van der Waals surface area contributed by atoms with Crippen LogP contribution < -0.4 is 9.47 Å². The van der Waals surface area contributed by atoms with Gasteiger partial charge in [0.2, 0.25) is 0 Å². The van der Waals surface area contributed by atoms with Crippen molar-refractivity contribution in [2.45, 2.75) is 0 Å². The molecule has 0 N–H and O–H groups in total. The third-order valence-corrected chi connectivity index (χ3v) is 2.96. The van der Waals surface area contributed by atoms with Crippen molar-refractivity contribution in [2.75, 3.05) is 14.2 Å². The third-order valence-electron chi connectivity index (χ3n) is 2.96. The first-order valence-electron chi connectivity index (χ1n) is 5.88. The van der Waals surface area contributed by atoms with Gasteiger partial charge in [0.1, 0.15) is 6.29 Å². The first-order valence-corrected chi connectivity index (χ1v) is 5.88. The van der Waals surface area contributed by atoms with Crippen molar-refractivity contribution < 1.29 is 27.4 Å². The molecule has 21 heavy (non-hydrogen) atoms. The second-order valence-electron chi connectivity index (χ2n) is 4.14. The molecule has 2 rings (SSSR count). The molecule has 0 heterocycles. The summed E-state index contributed by atoms with van der Waals surface area (Å²) in [5.74, 6) is -3.95. The van der Waals surface area contributed by atoms with Crippen molar-refractivity contribution >= 4 is 6.29 Å². The van der Waals surface area contributed by atoms with Gasteiger partial charge in [0.05, 0.1) is 14.2 Å². The lowest BCUT2D eigenvalue weighted by Crippen LogP contribution is -1.99. The summed E-state index contributed by atoms with van der Waals surface area (Å²) in [6.07, 6.45) is 0.531. The van der Waals surface area contributed by atoms with E-state index in [0.29, 0.717) is 6.29 Å². The van der Waals surface area contributed by atoms with E-state index in [1.807, 2.05) is 0 Å².